The molecule has 0 aliphatic carbocycles. The Labute approximate surface area is 202 Å². The van der Waals surface area contributed by atoms with Crippen LogP contribution in [0.3, 0.4) is 0 Å². The predicted octanol–water partition coefficient (Wildman–Crippen LogP) is 5.91. The highest BCUT2D eigenvalue weighted by atomic mass is 32.2. The van der Waals surface area contributed by atoms with Crippen LogP contribution >= 0.6 is 23.5 Å². The van der Waals surface area contributed by atoms with Gasteiger partial charge in [0.1, 0.15) is 10.7 Å². The molecule has 0 N–H and O–H groups in total. The van der Waals surface area contributed by atoms with Gasteiger partial charge in [0, 0.05) is 24.6 Å². The average Bonchev–Trinajstić information content (AvgIpc) is 3.34. The molecule has 2 aliphatic heterocycles. The molecule has 1 amide bonds. The third kappa shape index (κ3) is 4.38. The van der Waals surface area contributed by atoms with Crippen molar-refractivity contribution in [3.05, 3.63) is 94.4 Å². The summed E-state index contributed by atoms with van der Waals surface area (Å²) in [7, 11) is 3.66. The maximum Gasteiger partial charge on any atom is 0.269 e. The Morgan fingerprint density at radius 3 is 2.39 bits per heavy atom. The second kappa shape index (κ2) is 9.37. The fourth-order valence-electron chi connectivity index (χ4n) is 3.77. The lowest BCUT2D eigenvalue weighted by Gasteiger charge is -2.17. The fourth-order valence-corrected chi connectivity index (χ4v) is 6.12. The molecule has 5 rings (SSSR count). The molecule has 7 heteroatoms. The van der Waals surface area contributed by atoms with Gasteiger partial charge in [-0.05, 0) is 48.0 Å². The minimum absolute atomic E-state index is 0.000247. The molecule has 0 atom stereocenters. The summed E-state index contributed by atoms with van der Waals surface area (Å²) in [6.07, 6.45) is 0.768. The van der Waals surface area contributed by atoms with Gasteiger partial charge in [0.05, 0.1) is 23.5 Å². The molecule has 0 unspecified atom stereocenters. The number of para-hydroxylation sites is 1. The van der Waals surface area contributed by atoms with Gasteiger partial charge >= 0.3 is 0 Å². The minimum atomic E-state index is -0.000247. The number of nitrogens with zero attached hydrogens (tertiary/aromatic N) is 3. The molecule has 3 aromatic carbocycles. The van der Waals surface area contributed by atoms with Crippen LogP contribution in [0.1, 0.15) is 5.56 Å². The number of benzene rings is 3. The summed E-state index contributed by atoms with van der Waals surface area (Å²) in [6.45, 7) is 0.577. The summed E-state index contributed by atoms with van der Waals surface area (Å²) >= 11 is 3.07. The first-order valence-electron chi connectivity index (χ1n) is 10.7. The zero-order chi connectivity index (χ0) is 22.8. The van der Waals surface area contributed by atoms with Crippen LogP contribution < -0.4 is 9.64 Å². The first-order valence-corrected chi connectivity index (χ1v) is 12.3. The number of amidine groups is 1. The van der Waals surface area contributed by atoms with Crippen LogP contribution in [0.2, 0.25) is 0 Å². The van der Waals surface area contributed by atoms with Crippen LogP contribution in [0.5, 0.6) is 5.75 Å². The fraction of sp³-hybridized carbons (Fsp3) is 0.154. The number of carbonyl (C=O) groups is 1. The Morgan fingerprint density at radius 2 is 1.67 bits per heavy atom. The molecule has 0 aromatic heterocycles. The number of rotatable bonds is 5. The Balaban J connectivity index is 1.49. The number of methoxy groups -OCH3 is 1. The Morgan fingerprint density at radius 1 is 0.939 bits per heavy atom. The lowest BCUT2D eigenvalue weighted by atomic mass is 10.1. The summed E-state index contributed by atoms with van der Waals surface area (Å²) in [5, 5.41) is 1.64. The molecule has 0 bridgehead atoms. The van der Waals surface area contributed by atoms with E-state index in [1.807, 2.05) is 78.7 Å². The summed E-state index contributed by atoms with van der Waals surface area (Å²) < 4.78 is 5.39. The predicted molar refractivity (Wildman–Crippen MR) is 137 cm³/mol. The first-order chi connectivity index (χ1) is 16.1. The standard InChI is InChI=1S/C26H23N3O2S2/c1-28-21-17-20(31-2)13-14-22(21)32-25(28)23-24(30)29(16-15-18-9-5-3-6-10-18)26(33-23)27-19-11-7-4-8-12-19/h3-14,17H,15-16H2,1-2H3. The van der Waals surface area contributed by atoms with Gasteiger partial charge in [0.15, 0.2) is 5.17 Å². The van der Waals surface area contributed by atoms with Crippen molar-refractivity contribution in [2.75, 3.05) is 25.6 Å². The topological polar surface area (TPSA) is 45.1 Å². The summed E-state index contributed by atoms with van der Waals surface area (Å²) in [4.78, 5) is 24.2. The smallest absolute Gasteiger partial charge is 0.269 e. The van der Waals surface area contributed by atoms with Crippen molar-refractivity contribution >= 4 is 46.0 Å². The number of fused-ring (bicyclic) bond motifs is 1. The SMILES string of the molecule is COc1ccc2c(c1)N(C)C(=C1SC(=Nc3ccccc3)N(CCc3ccccc3)C1=O)S2. The molecule has 33 heavy (non-hydrogen) atoms. The highest BCUT2D eigenvalue weighted by Crippen LogP contribution is 2.51. The first kappa shape index (κ1) is 21.7. The highest BCUT2D eigenvalue weighted by molar-refractivity contribution is 8.19. The van der Waals surface area contributed by atoms with Crippen molar-refractivity contribution in [1.82, 2.24) is 4.90 Å². The third-order valence-corrected chi connectivity index (χ3v) is 7.98. The van der Waals surface area contributed by atoms with Crippen LogP contribution in [0, 0.1) is 0 Å². The zero-order valence-electron chi connectivity index (χ0n) is 18.4. The highest BCUT2D eigenvalue weighted by Gasteiger charge is 2.39. The van der Waals surface area contributed by atoms with Crippen molar-refractivity contribution in [3.63, 3.8) is 0 Å². The molecule has 1 fully saturated rings. The Hall–Kier alpha value is -3.16. The number of hydrogen-bond acceptors (Lipinski definition) is 6. The van der Waals surface area contributed by atoms with Crippen LogP contribution in [0.4, 0.5) is 11.4 Å². The summed E-state index contributed by atoms with van der Waals surface area (Å²) in [5.74, 6) is 0.799. The lowest BCUT2D eigenvalue weighted by molar-refractivity contribution is -0.122. The maximum atomic E-state index is 13.6. The van der Waals surface area contributed by atoms with Gasteiger partial charge in [0.25, 0.3) is 5.91 Å². The van der Waals surface area contributed by atoms with Crippen molar-refractivity contribution < 1.29 is 9.53 Å². The van der Waals surface area contributed by atoms with Crippen molar-refractivity contribution in [2.24, 2.45) is 4.99 Å². The molecular formula is C26H23N3O2S2. The normalized spacial score (nSPS) is 18.8. The minimum Gasteiger partial charge on any atom is -0.497 e. The zero-order valence-corrected chi connectivity index (χ0v) is 20.0. The van der Waals surface area contributed by atoms with E-state index in [1.165, 1.54) is 17.3 Å². The lowest BCUT2D eigenvalue weighted by Crippen LogP contribution is -2.31. The number of hydrogen-bond donors (Lipinski definition) is 0. The Bertz CT molecular complexity index is 1240. The van der Waals surface area contributed by atoms with Crippen LogP contribution in [0.15, 0.2) is 98.7 Å². The van der Waals surface area contributed by atoms with Gasteiger partial charge in [-0.3, -0.25) is 9.69 Å². The number of amides is 1. The van der Waals surface area contributed by atoms with E-state index in [4.69, 9.17) is 9.73 Å². The van der Waals surface area contributed by atoms with Gasteiger partial charge in [-0.15, -0.1) is 0 Å². The second-order valence-electron chi connectivity index (χ2n) is 7.65. The van der Waals surface area contributed by atoms with Crippen molar-refractivity contribution in [1.29, 1.82) is 0 Å². The van der Waals surface area contributed by atoms with Gasteiger partial charge in [0.2, 0.25) is 0 Å². The quantitative estimate of drug-likeness (QED) is 0.431. The van der Waals surface area contributed by atoms with Crippen LogP contribution in [-0.4, -0.2) is 36.7 Å². The van der Waals surface area contributed by atoms with E-state index in [2.05, 4.69) is 17.0 Å². The molecule has 2 heterocycles. The molecule has 0 radical (unpaired) electrons. The van der Waals surface area contributed by atoms with E-state index >= 15 is 0 Å². The van der Waals surface area contributed by atoms with Gasteiger partial charge in [-0.25, -0.2) is 4.99 Å². The monoisotopic (exact) mass is 473 g/mol. The molecule has 3 aromatic rings. The average molecular weight is 474 g/mol. The molecule has 166 valence electrons. The van der Waals surface area contributed by atoms with E-state index < -0.39 is 0 Å². The van der Waals surface area contributed by atoms with Crippen molar-refractivity contribution in [2.45, 2.75) is 11.3 Å². The van der Waals surface area contributed by atoms with E-state index in [0.717, 1.165) is 33.5 Å². The van der Waals surface area contributed by atoms with E-state index in [-0.39, 0.29) is 5.91 Å². The van der Waals surface area contributed by atoms with E-state index in [1.54, 1.807) is 18.9 Å². The van der Waals surface area contributed by atoms with Crippen LogP contribution in [0.25, 0.3) is 0 Å². The summed E-state index contributed by atoms with van der Waals surface area (Å²) in [6, 6.07) is 26.0. The second-order valence-corrected chi connectivity index (χ2v) is 9.66. The number of ether oxygens (including phenoxy) is 1. The van der Waals surface area contributed by atoms with Gasteiger partial charge in [-0.1, -0.05) is 60.3 Å². The number of carbonyl (C=O) groups excluding carboxylic acids is 1. The molecule has 5 nitrogen and oxygen atoms in total. The molecule has 0 spiro atoms. The number of thioether (sulfide) groups is 2. The van der Waals surface area contributed by atoms with Crippen molar-refractivity contribution in [3.8, 4) is 5.75 Å². The number of aliphatic imine (C=N–C) groups is 1. The maximum absolute atomic E-state index is 13.6. The molecule has 0 saturated carbocycles. The Kier molecular flexibility index (Phi) is 6.15. The van der Waals surface area contributed by atoms with E-state index in [9.17, 15) is 4.79 Å². The molecule has 1 saturated heterocycles. The van der Waals surface area contributed by atoms with Gasteiger partial charge in [-0.2, -0.15) is 0 Å². The molecular weight excluding hydrogens is 450 g/mol. The third-order valence-electron chi connectivity index (χ3n) is 5.54. The number of anilines is 1. The van der Waals surface area contributed by atoms with Gasteiger partial charge < -0.3 is 9.64 Å². The van der Waals surface area contributed by atoms with E-state index in [0.29, 0.717) is 16.6 Å². The van der Waals surface area contributed by atoms with Crippen LogP contribution in [-0.2, 0) is 11.2 Å². The largest absolute Gasteiger partial charge is 0.497 e. The summed E-state index contributed by atoms with van der Waals surface area (Å²) in [5.41, 5.74) is 3.08. The molecule has 2 aliphatic rings.